The highest BCUT2D eigenvalue weighted by Gasteiger charge is 2.36. The van der Waals surface area contributed by atoms with Gasteiger partial charge in [-0.3, -0.25) is 4.79 Å². The third-order valence-corrected chi connectivity index (χ3v) is 6.53. The van der Waals surface area contributed by atoms with Gasteiger partial charge in [-0.2, -0.15) is 0 Å². The number of halogens is 1. The molecule has 2 aliphatic rings. The molecule has 2 unspecified atom stereocenters. The fourth-order valence-electron chi connectivity index (χ4n) is 4.93. The Morgan fingerprint density at radius 2 is 1.63 bits per heavy atom. The van der Waals surface area contributed by atoms with Crippen LogP contribution in [0.2, 0.25) is 0 Å². The lowest BCUT2D eigenvalue weighted by Gasteiger charge is -2.30. The lowest BCUT2D eigenvalue weighted by atomic mass is 9.78. The second-order valence-corrected chi connectivity index (χ2v) is 9.30. The van der Waals surface area contributed by atoms with Crippen LogP contribution in [-0.2, 0) is 4.79 Å². The Morgan fingerprint density at radius 1 is 0.914 bits per heavy atom. The minimum atomic E-state index is -0.357. The number of carbonyl (C=O) groups excluding carboxylic acids is 1. The number of benzene rings is 3. The number of allylic oxidation sites excluding steroid dienone is 1. The minimum absolute atomic E-state index is 0.0134. The van der Waals surface area contributed by atoms with Crippen LogP contribution in [0.5, 0.6) is 11.5 Å². The molecular weight excluding hydrogens is 443 g/mol. The highest BCUT2D eigenvalue weighted by atomic mass is 19.1. The molecule has 35 heavy (non-hydrogen) atoms. The molecule has 0 saturated carbocycles. The Bertz CT molecular complexity index is 1280. The van der Waals surface area contributed by atoms with Crippen molar-refractivity contribution < 1.29 is 18.7 Å². The molecule has 0 bridgehead atoms. The number of nitrogens with one attached hydrogen (secondary N) is 2. The fraction of sp³-hybridized carbons (Fsp3) is 0.276. The van der Waals surface area contributed by atoms with Gasteiger partial charge in [-0.25, -0.2) is 4.39 Å². The number of Topliss-reactive ketones (excluding diaryl/α,β-unsaturated/α-hetero) is 1. The first kappa shape index (κ1) is 23.0. The number of fused-ring (bicyclic) bond motifs is 1. The summed E-state index contributed by atoms with van der Waals surface area (Å²) in [5.74, 6) is 1.06. The van der Waals surface area contributed by atoms with E-state index in [1.165, 1.54) is 12.1 Å². The molecule has 1 aliphatic heterocycles. The zero-order valence-corrected chi connectivity index (χ0v) is 20.1. The van der Waals surface area contributed by atoms with Gasteiger partial charge >= 0.3 is 0 Å². The molecule has 0 fully saturated rings. The lowest BCUT2D eigenvalue weighted by molar-refractivity contribution is -0.116. The lowest BCUT2D eigenvalue weighted by Crippen LogP contribution is -2.27. The van der Waals surface area contributed by atoms with E-state index in [0.29, 0.717) is 24.3 Å². The van der Waals surface area contributed by atoms with Crippen LogP contribution in [-0.4, -0.2) is 19.0 Å². The van der Waals surface area contributed by atoms with Crippen LogP contribution in [0.25, 0.3) is 0 Å². The van der Waals surface area contributed by atoms with E-state index >= 15 is 0 Å². The van der Waals surface area contributed by atoms with Gasteiger partial charge in [0.25, 0.3) is 0 Å². The van der Waals surface area contributed by atoms with Crippen molar-refractivity contribution in [2.45, 2.75) is 44.8 Å². The largest absolute Gasteiger partial charge is 0.493 e. The number of rotatable bonds is 5. The second kappa shape index (κ2) is 9.45. The Labute approximate surface area is 205 Å². The average molecular weight is 473 g/mol. The zero-order valence-electron chi connectivity index (χ0n) is 20.1. The van der Waals surface area contributed by atoms with Crippen molar-refractivity contribution in [3.63, 3.8) is 0 Å². The van der Waals surface area contributed by atoms with Gasteiger partial charge in [0.15, 0.2) is 17.3 Å². The summed E-state index contributed by atoms with van der Waals surface area (Å²) in [4.78, 5) is 13.7. The van der Waals surface area contributed by atoms with Crippen molar-refractivity contribution in [2.75, 3.05) is 17.7 Å². The van der Waals surface area contributed by atoms with Crippen LogP contribution >= 0.6 is 0 Å². The summed E-state index contributed by atoms with van der Waals surface area (Å²) in [6, 6.07) is 19.9. The van der Waals surface area contributed by atoms with Crippen LogP contribution < -0.4 is 20.1 Å². The molecule has 1 aliphatic carbocycles. The maximum absolute atomic E-state index is 13.7. The summed E-state index contributed by atoms with van der Waals surface area (Å²) < 4.78 is 25.0. The number of ether oxygens (including phenoxy) is 2. The van der Waals surface area contributed by atoms with Crippen molar-refractivity contribution in [2.24, 2.45) is 0 Å². The molecule has 2 N–H and O–H groups in total. The third kappa shape index (κ3) is 4.61. The highest BCUT2D eigenvalue weighted by Crippen LogP contribution is 2.45. The first-order valence-corrected chi connectivity index (χ1v) is 11.9. The van der Waals surface area contributed by atoms with Crippen LogP contribution in [0.1, 0.15) is 49.8 Å². The molecule has 180 valence electrons. The SMILES string of the molecule is COc1cc(C2Nc3ccccc3NC3=C2C(=O)CC(c2ccc(F)cc2)C3)ccc1OC(C)C. The summed E-state index contributed by atoms with van der Waals surface area (Å²) in [6.07, 6.45) is 1.04. The normalized spacial score (nSPS) is 19.3. The Balaban J connectivity index is 1.58. The van der Waals surface area contributed by atoms with Crippen LogP contribution in [0.4, 0.5) is 15.8 Å². The summed E-state index contributed by atoms with van der Waals surface area (Å²) in [7, 11) is 1.62. The second-order valence-electron chi connectivity index (χ2n) is 9.30. The Hall–Kier alpha value is -3.80. The van der Waals surface area contributed by atoms with Gasteiger partial charge in [0.2, 0.25) is 0 Å². The maximum atomic E-state index is 13.7. The van der Waals surface area contributed by atoms with E-state index in [4.69, 9.17) is 9.47 Å². The first-order chi connectivity index (χ1) is 16.9. The molecule has 3 aromatic carbocycles. The summed E-state index contributed by atoms with van der Waals surface area (Å²) >= 11 is 0. The Morgan fingerprint density at radius 3 is 2.34 bits per heavy atom. The molecular formula is C29H29FN2O3. The standard InChI is InChI=1S/C29H29FN2O3/c1-17(2)35-26-13-10-19(16-27(26)34-3)29-28-24(31-22-6-4-5-7-23(22)32-29)14-20(15-25(28)33)18-8-11-21(30)12-9-18/h4-13,16-17,20,29,31-32H,14-15H2,1-3H3. The van der Waals surface area contributed by atoms with Gasteiger partial charge in [0, 0.05) is 17.7 Å². The molecule has 1 heterocycles. The van der Waals surface area contributed by atoms with Gasteiger partial charge in [0.1, 0.15) is 5.82 Å². The first-order valence-electron chi connectivity index (χ1n) is 11.9. The maximum Gasteiger partial charge on any atom is 0.163 e. The van der Waals surface area contributed by atoms with Crippen molar-refractivity contribution >= 4 is 17.2 Å². The predicted molar refractivity (Wildman–Crippen MR) is 136 cm³/mol. The molecule has 0 radical (unpaired) electrons. The van der Waals surface area contributed by atoms with Crippen molar-refractivity contribution in [3.8, 4) is 11.5 Å². The molecule has 6 heteroatoms. The number of carbonyl (C=O) groups is 1. The van der Waals surface area contributed by atoms with E-state index in [0.717, 1.165) is 33.8 Å². The topological polar surface area (TPSA) is 59.6 Å². The highest BCUT2D eigenvalue weighted by molar-refractivity contribution is 6.01. The molecule has 0 saturated heterocycles. The summed E-state index contributed by atoms with van der Waals surface area (Å²) in [5.41, 5.74) is 5.32. The summed E-state index contributed by atoms with van der Waals surface area (Å²) in [6.45, 7) is 3.94. The molecule has 5 nitrogen and oxygen atoms in total. The van der Waals surface area contributed by atoms with Crippen LogP contribution in [0.3, 0.4) is 0 Å². The third-order valence-electron chi connectivity index (χ3n) is 6.53. The Kier molecular flexibility index (Phi) is 6.20. The predicted octanol–water partition coefficient (Wildman–Crippen LogP) is 6.60. The quantitative estimate of drug-likeness (QED) is 0.438. The monoisotopic (exact) mass is 472 g/mol. The molecule has 0 amide bonds. The van der Waals surface area contributed by atoms with E-state index in [1.54, 1.807) is 19.2 Å². The molecule has 0 aromatic heterocycles. The average Bonchev–Trinajstić information content (AvgIpc) is 3.01. The van der Waals surface area contributed by atoms with Gasteiger partial charge in [-0.1, -0.05) is 30.3 Å². The number of hydrogen-bond acceptors (Lipinski definition) is 5. The molecule has 3 aromatic rings. The van der Waals surface area contributed by atoms with Crippen molar-refractivity contribution in [1.29, 1.82) is 0 Å². The summed E-state index contributed by atoms with van der Waals surface area (Å²) in [5, 5.41) is 7.13. The van der Waals surface area contributed by atoms with E-state index in [-0.39, 0.29) is 29.7 Å². The van der Waals surface area contributed by atoms with Gasteiger partial charge in [-0.15, -0.1) is 0 Å². The van der Waals surface area contributed by atoms with Crippen molar-refractivity contribution in [1.82, 2.24) is 0 Å². The smallest absolute Gasteiger partial charge is 0.163 e. The number of hydrogen-bond donors (Lipinski definition) is 2. The zero-order chi connectivity index (χ0) is 24.5. The minimum Gasteiger partial charge on any atom is -0.493 e. The number of para-hydroxylation sites is 2. The number of anilines is 2. The molecule has 5 rings (SSSR count). The van der Waals surface area contributed by atoms with Gasteiger partial charge in [0.05, 0.1) is 30.6 Å². The van der Waals surface area contributed by atoms with E-state index in [1.807, 2.05) is 56.3 Å². The van der Waals surface area contributed by atoms with E-state index < -0.39 is 0 Å². The number of ketones is 1. The fourth-order valence-corrected chi connectivity index (χ4v) is 4.93. The van der Waals surface area contributed by atoms with E-state index in [2.05, 4.69) is 10.6 Å². The van der Waals surface area contributed by atoms with E-state index in [9.17, 15) is 9.18 Å². The van der Waals surface area contributed by atoms with Crippen LogP contribution in [0.15, 0.2) is 78.0 Å². The van der Waals surface area contributed by atoms with Gasteiger partial charge in [-0.05, 0) is 73.7 Å². The number of methoxy groups -OCH3 is 1. The van der Waals surface area contributed by atoms with Crippen LogP contribution in [0, 0.1) is 5.82 Å². The molecule has 0 spiro atoms. The van der Waals surface area contributed by atoms with Crippen molar-refractivity contribution in [3.05, 3.63) is 94.9 Å². The van der Waals surface area contributed by atoms with Gasteiger partial charge < -0.3 is 20.1 Å². The molecule has 2 atom stereocenters.